The number of Topliss-reactive ketones (excluding diaryl/α,β-unsaturated/α-hetero) is 2. The molecule has 2 aliphatic heterocycles. The molecule has 2 amide bonds. The van der Waals surface area contributed by atoms with Gasteiger partial charge in [-0.1, -0.05) is 71.4 Å². The van der Waals surface area contributed by atoms with Gasteiger partial charge in [0.1, 0.15) is 5.78 Å². The summed E-state index contributed by atoms with van der Waals surface area (Å²) in [7, 11) is 5.05. The number of ketones is 2. The third-order valence-electron chi connectivity index (χ3n) is 12.7. The number of methoxy groups -OCH3 is 2. The van der Waals surface area contributed by atoms with Gasteiger partial charge in [0.05, 0.1) is 41.3 Å². The minimum atomic E-state index is -0.610. The van der Waals surface area contributed by atoms with Crippen LogP contribution in [0.5, 0.6) is 0 Å². The Morgan fingerprint density at radius 3 is 2.33 bits per heavy atom. The summed E-state index contributed by atoms with van der Waals surface area (Å²) in [5, 5.41) is 6.32. The molecule has 0 aliphatic carbocycles. The maximum atomic E-state index is 14.4. The molecule has 1 N–H and O–H groups in total. The molecule has 2 aromatic rings. The van der Waals surface area contributed by atoms with Crippen molar-refractivity contribution in [3.05, 3.63) is 52.5 Å². The van der Waals surface area contributed by atoms with Gasteiger partial charge in [0, 0.05) is 70.0 Å². The van der Waals surface area contributed by atoms with Crippen molar-refractivity contribution in [3.8, 4) is 0 Å². The zero-order valence-corrected chi connectivity index (χ0v) is 35.7. The number of ether oxygens (including phenoxy) is 2. The molecule has 0 radical (unpaired) electrons. The van der Waals surface area contributed by atoms with Gasteiger partial charge in [0.15, 0.2) is 5.78 Å². The number of benzene rings is 1. The number of nitrogens with zero attached hydrogens (tertiary/aromatic N) is 3. The van der Waals surface area contributed by atoms with E-state index in [2.05, 4.69) is 36.3 Å². The first-order valence-electron chi connectivity index (χ1n) is 20.6. The highest BCUT2D eigenvalue weighted by atomic mass is 32.1. The van der Waals surface area contributed by atoms with E-state index in [0.717, 1.165) is 62.1 Å². The average Bonchev–Trinajstić information content (AvgIpc) is 3.90. The number of likely N-dealkylation sites (tertiary alicyclic amines) is 1. The van der Waals surface area contributed by atoms with Gasteiger partial charge in [-0.2, -0.15) is 0 Å². The van der Waals surface area contributed by atoms with Crippen LogP contribution in [0.15, 0.2) is 41.9 Å². The lowest BCUT2D eigenvalue weighted by Gasteiger charge is -2.41. The number of likely N-dealkylation sites (N-methyl/N-ethyl adjacent to an activating group) is 1. The van der Waals surface area contributed by atoms with Gasteiger partial charge < -0.3 is 24.6 Å². The van der Waals surface area contributed by atoms with Crippen LogP contribution in [0.4, 0.5) is 0 Å². The minimum absolute atomic E-state index is 0.0353. The molecular weight excluding hydrogens is 713 g/mol. The summed E-state index contributed by atoms with van der Waals surface area (Å²) in [5.74, 6) is -0.934. The van der Waals surface area contributed by atoms with E-state index < -0.39 is 29.6 Å². The fourth-order valence-electron chi connectivity index (χ4n) is 8.94. The highest BCUT2D eigenvalue weighted by Gasteiger charge is 2.44. The molecule has 4 rings (SSSR count). The van der Waals surface area contributed by atoms with Crippen LogP contribution in [0.3, 0.4) is 0 Å². The van der Waals surface area contributed by atoms with Crippen molar-refractivity contribution in [2.24, 2.45) is 23.7 Å². The lowest BCUT2D eigenvalue weighted by Crippen LogP contribution is -2.55. The second-order valence-corrected chi connectivity index (χ2v) is 17.6. The molecule has 2 saturated heterocycles. The number of amides is 2. The van der Waals surface area contributed by atoms with Crippen LogP contribution in [-0.2, 0) is 35.1 Å². The second-order valence-electron chi connectivity index (χ2n) is 16.7. The fourth-order valence-corrected chi connectivity index (χ4v) is 9.68. The average molecular weight is 781 g/mol. The van der Waals surface area contributed by atoms with Gasteiger partial charge in [0.2, 0.25) is 11.8 Å². The number of thiazole rings is 1. The maximum absolute atomic E-state index is 14.4. The summed E-state index contributed by atoms with van der Waals surface area (Å²) in [6.07, 6.45) is 7.26. The molecule has 55 heavy (non-hydrogen) atoms. The quantitative estimate of drug-likeness (QED) is 0.143. The van der Waals surface area contributed by atoms with Gasteiger partial charge in [-0.05, 0) is 69.4 Å². The van der Waals surface area contributed by atoms with Crippen molar-refractivity contribution in [2.45, 2.75) is 141 Å². The van der Waals surface area contributed by atoms with Crippen molar-refractivity contribution < 1.29 is 28.7 Å². The summed E-state index contributed by atoms with van der Waals surface area (Å²) >= 11 is 1.57. The van der Waals surface area contributed by atoms with E-state index in [9.17, 15) is 19.2 Å². The summed E-state index contributed by atoms with van der Waals surface area (Å²) in [6.45, 7) is 13.5. The van der Waals surface area contributed by atoms with Crippen LogP contribution < -0.4 is 5.32 Å². The smallest absolute Gasteiger partial charge is 0.226 e. The Bertz CT molecular complexity index is 1510. The number of carbonyl (C=O) groups is 4. The lowest BCUT2D eigenvalue weighted by atomic mass is 9.79. The van der Waals surface area contributed by atoms with Gasteiger partial charge in [-0.3, -0.25) is 19.2 Å². The standard InChI is InChI=1S/C44H68N4O6S/c1-10-30(4)40(47(7)43(52)34(29(2)3)27-38(50)44(6)20-14-15-21-46-44)37(53-8)28-39(51)48-23-16-19-35(48)41(54-9)31(5)36(49)26-33(42-45-22-24-55-42)25-32-17-12-11-13-18-32/h11-13,17-18,22,24,29-31,33-35,37,40-41,46H,10,14-16,19-21,23,25-28H2,1-9H3/t30-,31-,33+,34-,35-,37+,40-,41+,44-/m0/s1. The number of hydrogen-bond donors (Lipinski definition) is 1. The van der Waals surface area contributed by atoms with Crippen molar-refractivity contribution in [1.82, 2.24) is 20.1 Å². The first-order valence-corrected chi connectivity index (χ1v) is 21.5. The third-order valence-corrected chi connectivity index (χ3v) is 13.6. The predicted octanol–water partition coefficient (Wildman–Crippen LogP) is 7.11. The number of nitrogens with one attached hydrogen (secondary N) is 1. The number of rotatable bonds is 21. The number of hydrogen-bond acceptors (Lipinski definition) is 9. The van der Waals surface area contributed by atoms with E-state index in [1.807, 2.05) is 56.2 Å². The molecule has 2 aliphatic rings. The Morgan fingerprint density at radius 2 is 1.75 bits per heavy atom. The SMILES string of the molecule is CC[C@H](C)[C@@H]([C@@H](CC(=O)N1CCC[C@H]1[C@H](OC)[C@@H](C)C(=O)C[C@@H](Cc1ccccc1)c1nccs1)OC)N(C)C(=O)[C@@H](CC(=O)[C@]1(C)CCCCN1)C(C)C. The Balaban J connectivity index is 1.47. The van der Waals surface area contributed by atoms with E-state index in [1.165, 1.54) is 0 Å². The van der Waals surface area contributed by atoms with Crippen LogP contribution in [0.2, 0.25) is 0 Å². The van der Waals surface area contributed by atoms with Gasteiger partial charge in [0.25, 0.3) is 0 Å². The highest BCUT2D eigenvalue weighted by molar-refractivity contribution is 7.09. The van der Waals surface area contributed by atoms with Crippen molar-refractivity contribution in [1.29, 1.82) is 0 Å². The minimum Gasteiger partial charge on any atom is -0.379 e. The first-order chi connectivity index (χ1) is 26.3. The largest absolute Gasteiger partial charge is 0.379 e. The maximum Gasteiger partial charge on any atom is 0.226 e. The summed E-state index contributed by atoms with van der Waals surface area (Å²) in [4.78, 5) is 64.6. The Hall–Kier alpha value is -2.99. The number of carbonyl (C=O) groups excluding carboxylic acids is 4. The molecule has 3 heterocycles. The monoisotopic (exact) mass is 780 g/mol. The van der Waals surface area contributed by atoms with Gasteiger partial charge in [-0.25, -0.2) is 4.98 Å². The number of piperidine rings is 1. The highest BCUT2D eigenvalue weighted by Crippen LogP contribution is 2.34. The second kappa shape index (κ2) is 21.0. The summed E-state index contributed by atoms with van der Waals surface area (Å²) < 4.78 is 12.2. The van der Waals surface area contributed by atoms with Crippen molar-refractivity contribution in [2.75, 3.05) is 34.4 Å². The van der Waals surface area contributed by atoms with E-state index in [4.69, 9.17) is 9.47 Å². The zero-order valence-electron chi connectivity index (χ0n) is 34.9. The molecule has 1 aromatic carbocycles. The first kappa shape index (κ1) is 44.7. The molecule has 0 bridgehead atoms. The van der Waals surface area contributed by atoms with E-state index >= 15 is 0 Å². The fraction of sp³-hybridized carbons (Fsp3) is 0.705. The lowest BCUT2D eigenvalue weighted by molar-refractivity contribution is -0.149. The molecule has 0 saturated carbocycles. The van der Waals surface area contributed by atoms with E-state index in [-0.39, 0.29) is 66.1 Å². The Kier molecular flexibility index (Phi) is 17.0. The van der Waals surface area contributed by atoms with Crippen molar-refractivity contribution >= 4 is 34.7 Å². The molecule has 2 fully saturated rings. The van der Waals surface area contributed by atoms with Crippen molar-refractivity contribution in [3.63, 3.8) is 0 Å². The zero-order chi connectivity index (χ0) is 40.3. The molecule has 1 aromatic heterocycles. The van der Waals surface area contributed by atoms with Crippen LogP contribution >= 0.6 is 11.3 Å². The van der Waals surface area contributed by atoms with E-state index in [1.54, 1.807) is 43.7 Å². The van der Waals surface area contributed by atoms with Gasteiger partial charge >= 0.3 is 0 Å². The predicted molar refractivity (Wildman–Crippen MR) is 219 cm³/mol. The van der Waals surface area contributed by atoms with Crippen LogP contribution in [0, 0.1) is 23.7 Å². The molecule has 9 atom stereocenters. The Morgan fingerprint density at radius 1 is 1.02 bits per heavy atom. The van der Waals surface area contributed by atoms with E-state index in [0.29, 0.717) is 13.0 Å². The molecular formula is C44H68N4O6S. The third kappa shape index (κ3) is 11.3. The Labute approximate surface area is 334 Å². The molecule has 0 unspecified atom stereocenters. The molecule has 0 spiro atoms. The van der Waals surface area contributed by atoms with Crippen LogP contribution in [0.1, 0.15) is 116 Å². The topological polar surface area (TPSA) is 118 Å². The number of aromatic nitrogens is 1. The summed E-state index contributed by atoms with van der Waals surface area (Å²) in [6, 6.07) is 9.56. The van der Waals surface area contributed by atoms with Crippen LogP contribution in [0.25, 0.3) is 0 Å². The molecule has 11 heteroatoms. The molecule has 10 nitrogen and oxygen atoms in total. The summed E-state index contributed by atoms with van der Waals surface area (Å²) in [5.41, 5.74) is 0.551. The van der Waals surface area contributed by atoms with Gasteiger partial charge in [-0.15, -0.1) is 11.3 Å². The normalized spacial score (nSPS) is 22.7. The van der Waals surface area contributed by atoms with Crippen LogP contribution in [-0.4, -0.2) is 102 Å². The molecule has 306 valence electrons.